The summed E-state index contributed by atoms with van der Waals surface area (Å²) in [5.41, 5.74) is 1.56. The summed E-state index contributed by atoms with van der Waals surface area (Å²) in [7, 11) is 1.41. The molecule has 3 saturated carbocycles. The van der Waals surface area contributed by atoms with E-state index in [-0.39, 0.29) is 35.7 Å². The number of halogens is 1. The van der Waals surface area contributed by atoms with E-state index in [2.05, 4.69) is 42.6 Å². The zero-order valence-corrected chi connectivity index (χ0v) is 24.2. The molecule has 10 heteroatoms. The molecule has 0 aliphatic heterocycles. The van der Waals surface area contributed by atoms with Gasteiger partial charge in [0.1, 0.15) is 6.61 Å². The van der Waals surface area contributed by atoms with Gasteiger partial charge in [-0.15, -0.1) is 12.6 Å². The highest BCUT2D eigenvalue weighted by Gasteiger charge is 2.70. The minimum Gasteiger partial charge on any atom is -0.448 e. The zero-order valence-electron chi connectivity index (χ0n) is 23.3. The molecule has 2 aromatic heterocycles. The van der Waals surface area contributed by atoms with E-state index in [0.29, 0.717) is 24.9 Å². The molecule has 4 aliphatic rings. The number of allylic oxidation sites excluding steroid dienone is 1. The number of aliphatic hydroxyl groups excluding tert-OH is 1. The SMILES string of the molecule is COCC(=O)O[C@]1(C(=O)S)CCC2[C@@H]3C[C@H](C)C4=Cc5c(cnn5-c5ccc(F)nc5)C[C@]4(C)C3[C@@H](O)C[C@@]21C. The quantitative estimate of drug-likeness (QED) is 0.316. The lowest BCUT2D eigenvalue weighted by molar-refractivity contribution is -0.199. The molecular weight excluding hydrogens is 533 g/mol. The van der Waals surface area contributed by atoms with Gasteiger partial charge in [-0.3, -0.25) is 4.79 Å². The Morgan fingerprint density at radius 1 is 1.27 bits per heavy atom. The number of esters is 1. The molecule has 0 bridgehead atoms. The second kappa shape index (κ2) is 9.49. The molecule has 2 heterocycles. The molecule has 6 rings (SSSR count). The molecule has 1 N–H and O–H groups in total. The lowest BCUT2D eigenvalue weighted by Gasteiger charge is -2.61. The smallest absolute Gasteiger partial charge is 0.333 e. The normalized spacial score (nSPS) is 38.0. The predicted octanol–water partition coefficient (Wildman–Crippen LogP) is 4.19. The van der Waals surface area contributed by atoms with Crippen molar-refractivity contribution in [1.29, 1.82) is 0 Å². The number of ether oxygens (including phenoxy) is 2. The molecule has 2 aromatic rings. The maximum absolute atomic E-state index is 13.5. The first kappa shape index (κ1) is 27.6. The van der Waals surface area contributed by atoms with Crippen molar-refractivity contribution < 1.29 is 28.6 Å². The molecular formula is C30H36FN3O5S. The third-order valence-corrected chi connectivity index (χ3v) is 11.1. The van der Waals surface area contributed by atoms with Gasteiger partial charge in [-0.25, -0.2) is 14.5 Å². The van der Waals surface area contributed by atoms with E-state index in [4.69, 9.17) is 9.47 Å². The van der Waals surface area contributed by atoms with Gasteiger partial charge < -0.3 is 14.6 Å². The van der Waals surface area contributed by atoms with E-state index >= 15 is 0 Å². The van der Waals surface area contributed by atoms with Crippen LogP contribution in [0.4, 0.5) is 4.39 Å². The van der Waals surface area contributed by atoms with Crippen molar-refractivity contribution in [3.05, 3.63) is 47.3 Å². The van der Waals surface area contributed by atoms with Crippen LogP contribution in [0, 0.1) is 40.4 Å². The average Bonchev–Trinajstić information content (AvgIpc) is 3.41. The topological polar surface area (TPSA) is 104 Å². The number of hydrogen-bond acceptors (Lipinski definition) is 7. The van der Waals surface area contributed by atoms with E-state index in [0.717, 1.165) is 24.1 Å². The highest BCUT2D eigenvalue weighted by molar-refractivity contribution is 7.96. The van der Waals surface area contributed by atoms with E-state index in [1.54, 1.807) is 10.7 Å². The number of nitrogens with zero attached hydrogens (tertiary/aromatic N) is 3. The number of methoxy groups -OCH3 is 1. The van der Waals surface area contributed by atoms with Crippen LogP contribution in [0.25, 0.3) is 11.8 Å². The van der Waals surface area contributed by atoms with Crippen LogP contribution in [0.1, 0.15) is 57.7 Å². The summed E-state index contributed by atoms with van der Waals surface area (Å²) in [4.78, 5) is 29.5. The van der Waals surface area contributed by atoms with Crippen LogP contribution in [0.3, 0.4) is 0 Å². The van der Waals surface area contributed by atoms with E-state index in [1.165, 1.54) is 24.9 Å². The van der Waals surface area contributed by atoms with Crippen molar-refractivity contribution in [2.45, 2.75) is 64.6 Å². The highest BCUT2D eigenvalue weighted by Crippen LogP contribution is 2.69. The molecule has 8 atom stereocenters. The summed E-state index contributed by atoms with van der Waals surface area (Å²) in [6.07, 6.45) is 7.88. The van der Waals surface area contributed by atoms with Gasteiger partial charge in [0.15, 0.2) is 5.60 Å². The van der Waals surface area contributed by atoms with Crippen molar-refractivity contribution in [2.24, 2.45) is 34.5 Å². The van der Waals surface area contributed by atoms with Crippen LogP contribution in [-0.2, 0) is 25.5 Å². The lowest BCUT2D eigenvalue weighted by atomic mass is 9.44. The van der Waals surface area contributed by atoms with Gasteiger partial charge in [0.05, 0.1) is 29.9 Å². The van der Waals surface area contributed by atoms with Crippen molar-refractivity contribution >= 4 is 29.8 Å². The van der Waals surface area contributed by atoms with Gasteiger partial charge in [-0.1, -0.05) is 26.3 Å². The molecule has 4 aliphatic carbocycles. The Morgan fingerprint density at radius 2 is 2.05 bits per heavy atom. The summed E-state index contributed by atoms with van der Waals surface area (Å²) in [6, 6.07) is 3.00. The number of hydrogen-bond donors (Lipinski definition) is 2. The van der Waals surface area contributed by atoms with Gasteiger partial charge in [0.2, 0.25) is 11.1 Å². The van der Waals surface area contributed by atoms with Gasteiger partial charge in [0.25, 0.3) is 0 Å². The highest BCUT2D eigenvalue weighted by atomic mass is 32.1. The molecule has 0 radical (unpaired) electrons. The van der Waals surface area contributed by atoms with Crippen LogP contribution >= 0.6 is 12.6 Å². The van der Waals surface area contributed by atoms with Crippen molar-refractivity contribution in [3.8, 4) is 5.69 Å². The predicted molar refractivity (Wildman–Crippen MR) is 148 cm³/mol. The molecule has 0 amide bonds. The maximum Gasteiger partial charge on any atom is 0.333 e. The third kappa shape index (κ3) is 3.78. The molecule has 0 spiro atoms. The number of thiol groups is 1. The number of aliphatic hydroxyl groups is 1. The molecule has 214 valence electrons. The van der Waals surface area contributed by atoms with Gasteiger partial charge in [0, 0.05) is 12.5 Å². The first-order chi connectivity index (χ1) is 18.9. The average molecular weight is 570 g/mol. The van der Waals surface area contributed by atoms with E-state index in [9.17, 15) is 19.1 Å². The summed E-state index contributed by atoms with van der Waals surface area (Å²) in [5, 5.41) is 16.1. The fraction of sp³-hybridized carbons (Fsp3) is 0.600. The third-order valence-electron chi connectivity index (χ3n) is 10.7. The minimum atomic E-state index is -1.40. The number of pyridine rings is 1. The van der Waals surface area contributed by atoms with Crippen LogP contribution in [0.2, 0.25) is 0 Å². The molecule has 3 fully saturated rings. The molecule has 2 unspecified atom stereocenters. The van der Waals surface area contributed by atoms with Gasteiger partial charge in [-0.05, 0) is 85.0 Å². The Labute approximate surface area is 238 Å². The second-order valence-electron chi connectivity index (χ2n) is 12.7. The molecule has 0 aromatic carbocycles. The fourth-order valence-corrected chi connectivity index (χ4v) is 9.63. The molecule has 0 saturated heterocycles. The van der Waals surface area contributed by atoms with Crippen LogP contribution < -0.4 is 0 Å². The first-order valence-corrected chi connectivity index (χ1v) is 14.4. The van der Waals surface area contributed by atoms with Crippen LogP contribution in [-0.4, -0.2) is 56.4 Å². The largest absolute Gasteiger partial charge is 0.448 e. The van der Waals surface area contributed by atoms with Crippen molar-refractivity contribution in [2.75, 3.05) is 13.7 Å². The van der Waals surface area contributed by atoms with Crippen molar-refractivity contribution in [3.63, 3.8) is 0 Å². The first-order valence-electron chi connectivity index (χ1n) is 14.0. The van der Waals surface area contributed by atoms with E-state index < -0.39 is 34.2 Å². The summed E-state index contributed by atoms with van der Waals surface area (Å²) in [6.45, 7) is 6.23. The second-order valence-corrected chi connectivity index (χ2v) is 13.1. The Balaban J connectivity index is 1.37. The lowest BCUT2D eigenvalue weighted by Crippen LogP contribution is -2.63. The monoisotopic (exact) mass is 569 g/mol. The number of rotatable bonds is 5. The van der Waals surface area contributed by atoms with Gasteiger partial charge >= 0.3 is 5.97 Å². The number of aromatic nitrogens is 3. The van der Waals surface area contributed by atoms with Crippen molar-refractivity contribution in [1.82, 2.24) is 14.8 Å². The van der Waals surface area contributed by atoms with Crippen LogP contribution in [0.15, 0.2) is 30.1 Å². The molecule has 40 heavy (non-hydrogen) atoms. The number of fused-ring (bicyclic) bond motifs is 6. The summed E-state index contributed by atoms with van der Waals surface area (Å²) in [5.74, 6) is -0.711. The molecule has 8 nitrogen and oxygen atoms in total. The summed E-state index contributed by atoms with van der Waals surface area (Å²) >= 11 is 4.24. The Kier molecular flexibility index (Phi) is 6.55. The van der Waals surface area contributed by atoms with E-state index in [1.807, 2.05) is 13.1 Å². The fourth-order valence-electron chi connectivity index (χ4n) is 9.22. The Bertz CT molecular complexity index is 1390. The Morgan fingerprint density at radius 3 is 2.73 bits per heavy atom. The van der Waals surface area contributed by atoms with Crippen LogP contribution in [0.5, 0.6) is 0 Å². The number of carbonyl (C=O) groups is 2. The maximum atomic E-state index is 13.5. The minimum absolute atomic E-state index is 0.0301. The zero-order chi connectivity index (χ0) is 28.6. The number of carbonyl (C=O) groups excluding carboxylic acids is 2. The standard InChI is InChI=1S/C30H36FN3O5S/c1-16-9-19-20-7-8-30(27(37)40,39-25(36)15-38-4)29(20,3)12-23(35)26(19)28(2)11-17-13-33-34(22(17)10-21(16)28)18-5-6-24(31)32-14-18/h5-6,10,13-14,16,19-20,23,26,35H,7-9,11-12,15H2,1-4H3,(H,37,40)/t16-,19-,20?,23-,26?,28-,29-,30-/m0/s1. The Hall–Kier alpha value is -2.56. The summed E-state index contributed by atoms with van der Waals surface area (Å²) < 4.78 is 26.1. The van der Waals surface area contributed by atoms with Gasteiger partial charge in [-0.2, -0.15) is 9.49 Å².